The number of aryl methyl sites for hydroxylation is 1. The molecule has 1 heterocycles. The number of H-pyrrole nitrogens is 1. The van der Waals surface area contributed by atoms with Crippen LogP contribution in [0.1, 0.15) is 21.9 Å². The Hall–Kier alpha value is -2.24. The fraction of sp³-hybridized carbons (Fsp3) is 0.211. The van der Waals surface area contributed by atoms with Gasteiger partial charge in [-0.2, -0.15) is 0 Å². The highest BCUT2D eigenvalue weighted by Gasteiger charge is 2.21. The molecule has 1 unspecified atom stereocenters. The molecule has 0 bridgehead atoms. The first-order chi connectivity index (χ1) is 11.6. The van der Waals surface area contributed by atoms with Crippen LogP contribution in [-0.4, -0.2) is 27.9 Å². The van der Waals surface area contributed by atoms with Gasteiger partial charge in [0.1, 0.15) is 6.04 Å². The molecule has 0 saturated carbocycles. The van der Waals surface area contributed by atoms with Gasteiger partial charge < -0.3 is 15.8 Å². The fourth-order valence-corrected chi connectivity index (χ4v) is 3.96. The Bertz CT molecular complexity index is 842. The van der Waals surface area contributed by atoms with Crippen molar-refractivity contribution in [3.63, 3.8) is 0 Å². The standard InChI is InChI=1S/C19H20N2O2S/c1-12-6-8-13(9-7-12)18(24-11-16(20)19(22)23)15-10-21-17-5-3-2-4-14(15)17/h2-10,16,18,21H,11,20H2,1H3,(H,22,23)/t16-,18?/m0/s1. The highest BCUT2D eigenvalue weighted by Crippen LogP contribution is 2.39. The maximum atomic E-state index is 11.0. The van der Waals surface area contributed by atoms with Gasteiger partial charge >= 0.3 is 5.97 Å². The van der Waals surface area contributed by atoms with E-state index in [1.54, 1.807) is 11.8 Å². The lowest BCUT2D eigenvalue weighted by atomic mass is 10.0. The zero-order chi connectivity index (χ0) is 17.1. The van der Waals surface area contributed by atoms with Gasteiger partial charge in [0.15, 0.2) is 0 Å². The monoisotopic (exact) mass is 340 g/mol. The molecule has 0 spiro atoms. The van der Waals surface area contributed by atoms with Crippen molar-refractivity contribution in [2.75, 3.05) is 5.75 Å². The van der Waals surface area contributed by atoms with Crippen LogP contribution in [0.2, 0.25) is 0 Å². The number of rotatable bonds is 6. The van der Waals surface area contributed by atoms with Crippen LogP contribution in [0.25, 0.3) is 10.9 Å². The van der Waals surface area contributed by atoms with Crippen molar-refractivity contribution in [1.29, 1.82) is 0 Å². The van der Waals surface area contributed by atoms with E-state index in [1.165, 1.54) is 5.56 Å². The molecule has 4 nitrogen and oxygen atoms in total. The lowest BCUT2D eigenvalue weighted by molar-refractivity contribution is -0.137. The third-order valence-corrected chi connectivity index (χ3v) is 5.45. The van der Waals surface area contributed by atoms with Crippen molar-refractivity contribution >= 4 is 28.6 Å². The molecular formula is C19H20N2O2S. The van der Waals surface area contributed by atoms with Gasteiger partial charge in [-0.3, -0.25) is 4.79 Å². The number of hydrogen-bond donors (Lipinski definition) is 3. The molecule has 0 saturated heterocycles. The first kappa shape index (κ1) is 16.6. The van der Waals surface area contributed by atoms with Crippen LogP contribution in [0.3, 0.4) is 0 Å². The van der Waals surface area contributed by atoms with E-state index < -0.39 is 12.0 Å². The number of nitrogens with one attached hydrogen (secondary N) is 1. The van der Waals surface area contributed by atoms with Crippen molar-refractivity contribution in [3.8, 4) is 0 Å². The molecule has 0 aliphatic carbocycles. The van der Waals surface area contributed by atoms with E-state index in [0.29, 0.717) is 5.75 Å². The Labute approximate surface area is 145 Å². The highest BCUT2D eigenvalue weighted by molar-refractivity contribution is 7.99. The number of aromatic nitrogens is 1. The second kappa shape index (κ2) is 7.11. The summed E-state index contributed by atoms with van der Waals surface area (Å²) in [6.45, 7) is 2.05. The maximum Gasteiger partial charge on any atom is 0.321 e. The number of fused-ring (bicyclic) bond motifs is 1. The molecule has 1 aromatic heterocycles. The first-order valence-corrected chi connectivity index (χ1v) is 8.83. The summed E-state index contributed by atoms with van der Waals surface area (Å²) in [5.74, 6) is -0.614. The number of nitrogens with two attached hydrogens (primary N) is 1. The van der Waals surface area contributed by atoms with Crippen molar-refractivity contribution in [3.05, 3.63) is 71.4 Å². The highest BCUT2D eigenvalue weighted by atomic mass is 32.2. The lowest BCUT2D eigenvalue weighted by Crippen LogP contribution is -2.32. The lowest BCUT2D eigenvalue weighted by Gasteiger charge is -2.18. The van der Waals surface area contributed by atoms with Gasteiger partial charge in [-0.05, 0) is 24.1 Å². The quantitative estimate of drug-likeness (QED) is 0.639. The molecule has 0 aliphatic rings. The molecule has 2 aromatic carbocycles. The average Bonchev–Trinajstić information content (AvgIpc) is 3.00. The summed E-state index contributed by atoms with van der Waals surface area (Å²) in [5.41, 5.74) is 10.3. The predicted molar refractivity (Wildman–Crippen MR) is 99.4 cm³/mol. The smallest absolute Gasteiger partial charge is 0.321 e. The first-order valence-electron chi connectivity index (χ1n) is 7.79. The Kier molecular flexibility index (Phi) is 4.92. The minimum absolute atomic E-state index is 0.0344. The normalized spacial score (nSPS) is 13.8. The summed E-state index contributed by atoms with van der Waals surface area (Å²) >= 11 is 1.56. The van der Waals surface area contributed by atoms with Gasteiger partial charge in [0.25, 0.3) is 0 Å². The summed E-state index contributed by atoms with van der Waals surface area (Å²) in [5, 5.41) is 10.2. The van der Waals surface area contributed by atoms with Crippen LogP contribution < -0.4 is 5.73 Å². The number of hydrogen-bond acceptors (Lipinski definition) is 3. The molecule has 124 valence electrons. The molecule has 0 aliphatic heterocycles. The fourth-order valence-electron chi connectivity index (χ4n) is 2.69. The Morgan fingerprint density at radius 1 is 1.21 bits per heavy atom. The van der Waals surface area contributed by atoms with E-state index in [2.05, 4.69) is 42.2 Å². The molecule has 2 atom stereocenters. The van der Waals surface area contributed by atoms with Gasteiger partial charge in [-0.1, -0.05) is 48.0 Å². The second-order valence-electron chi connectivity index (χ2n) is 5.86. The van der Waals surface area contributed by atoms with Crippen LogP contribution in [0.4, 0.5) is 0 Å². The van der Waals surface area contributed by atoms with E-state index in [1.807, 2.05) is 24.4 Å². The number of carboxylic acid groups (broad SMARTS) is 1. The maximum absolute atomic E-state index is 11.0. The van der Waals surface area contributed by atoms with Gasteiger partial charge in [0.05, 0.1) is 5.25 Å². The van der Waals surface area contributed by atoms with Crippen LogP contribution in [0.15, 0.2) is 54.7 Å². The SMILES string of the molecule is Cc1ccc(C(SC[C@H](N)C(=O)O)c2c[nH]c3ccccc23)cc1. The molecular weight excluding hydrogens is 320 g/mol. The van der Waals surface area contributed by atoms with Crippen molar-refractivity contribution in [2.24, 2.45) is 5.73 Å². The number of thioether (sulfide) groups is 1. The van der Waals surface area contributed by atoms with Crippen LogP contribution in [-0.2, 0) is 4.79 Å². The van der Waals surface area contributed by atoms with Crippen LogP contribution in [0, 0.1) is 6.92 Å². The molecule has 0 fully saturated rings. The summed E-state index contributed by atoms with van der Waals surface area (Å²) < 4.78 is 0. The molecule has 24 heavy (non-hydrogen) atoms. The Morgan fingerprint density at radius 3 is 2.62 bits per heavy atom. The number of carboxylic acids is 1. The van der Waals surface area contributed by atoms with Crippen LogP contribution >= 0.6 is 11.8 Å². The van der Waals surface area contributed by atoms with E-state index in [0.717, 1.165) is 22.0 Å². The molecule has 0 amide bonds. The van der Waals surface area contributed by atoms with Crippen molar-refractivity contribution in [2.45, 2.75) is 18.2 Å². The predicted octanol–water partition coefficient (Wildman–Crippen LogP) is 3.71. The largest absolute Gasteiger partial charge is 0.480 e. The Balaban J connectivity index is 1.98. The van der Waals surface area contributed by atoms with Crippen LogP contribution in [0.5, 0.6) is 0 Å². The average molecular weight is 340 g/mol. The zero-order valence-electron chi connectivity index (χ0n) is 13.4. The van der Waals surface area contributed by atoms with E-state index >= 15 is 0 Å². The van der Waals surface area contributed by atoms with E-state index in [9.17, 15) is 4.79 Å². The second-order valence-corrected chi connectivity index (χ2v) is 7.00. The number of aromatic amines is 1. The Morgan fingerprint density at radius 2 is 1.92 bits per heavy atom. The molecule has 5 heteroatoms. The molecule has 3 rings (SSSR count). The summed E-state index contributed by atoms with van der Waals surface area (Å²) in [6, 6.07) is 15.6. The number of aliphatic carboxylic acids is 1. The minimum Gasteiger partial charge on any atom is -0.480 e. The molecule has 3 aromatic rings. The molecule has 4 N–H and O–H groups in total. The van der Waals surface area contributed by atoms with Crippen molar-refractivity contribution < 1.29 is 9.90 Å². The van der Waals surface area contributed by atoms with Gasteiger partial charge in [0.2, 0.25) is 0 Å². The number of benzene rings is 2. The van der Waals surface area contributed by atoms with Gasteiger partial charge in [-0.25, -0.2) is 0 Å². The number of para-hydroxylation sites is 1. The van der Waals surface area contributed by atoms with Gasteiger partial charge in [0, 0.05) is 22.9 Å². The topological polar surface area (TPSA) is 79.1 Å². The summed E-state index contributed by atoms with van der Waals surface area (Å²) in [6.07, 6.45) is 2.01. The third-order valence-electron chi connectivity index (χ3n) is 4.04. The van der Waals surface area contributed by atoms with Crippen molar-refractivity contribution in [1.82, 2.24) is 4.98 Å². The van der Waals surface area contributed by atoms with Gasteiger partial charge in [-0.15, -0.1) is 11.8 Å². The zero-order valence-corrected chi connectivity index (χ0v) is 14.2. The number of carbonyl (C=O) groups is 1. The minimum atomic E-state index is -0.968. The summed E-state index contributed by atoms with van der Waals surface area (Å²) in [4.78, 5) is 14.3. The van der Waals surface area contributed by atoms with E-state index in [4.69, 9.17) is 10.8 Å². The summed E-state index contributed by atoms with van der Waals surface area (Å²) in [7, 11) is 0. The molecule has 0 radical (unpaired) electrons. The van der Waals surface area contributed by atoms with E-state index in [-0.39, 0.29) is 5.25 Å². The third kappa shape index (κ3) is 3.47.